The first-order chi connectivity index (χ1) is 8.78. The fraction of sp³-hybridized carbons (Fsp3) is 0.385. The van der Waals surface area contributed by atoms with Crippen LogP contribution in [0.2, 0.25) is 0 Å². The van der Waals surface area contributed by atoms with E-state index in [0.717, 1.165) is 23.2 Å². The van der Waals surface area contributed by atoms with Crippen LogP contribution >= 0.6 is 11.3 Å². The molecule has 5 heteroatoms. The third-order valence-corrected chi connectivity index (χ3v) is 3.56. The number of terminal acetylenes is 1. The maximum absolute atomic E-state index is 5.49. The fourth-order valence-corrected chi connectivity index (χ4v) is 2.53. The van der Waals surface area contributed by atoms with Crippen LogP contribution in [0.5, 0.6) is 5.88 Å². The Morgan fingerprint density at radius 3 is 2.94 bits per heavy atom. The van der Waals surface area contributed by atoms with Gasteiger partial charge in [0.05, 0.1) is 5.39 Å². The van der Waals surface area contributed by atoms with Gasteiger partial charge in [-0.2, -0.15) is 4.98 Å². The van der Waals surface area contributed by atoms with E-state index in [-0.39, 0.29) is 6.61 Å². The van der Waals surface area contributed by atoms with Gasteiger partial charge in [-0.15, -0.1) is 17.8 Å². The lowest BCUT2D eigenvalue weighted by Crippen LogP contribution is -2.04. The molecule has 2 aromatic rings. The zero-order valence-electron chi connectivity index (χ0n) is 10.5. The minimum atomic E-state index is 0.217. The summed E-state index contributed by atoms with van der Waals surface area (Å²) in [5.74, 6) is 3.60. The van der Waals surface area contributed by atoms with Crippen molar-refractivity contribution in [2.75, 3.05) is 18.5 Å². The number of anilines is 1. The number of fused-ring (bicyclic) bond motifs is 1. The lowest BCUT2D eigenvalue weighted by molar-refractivity contribution is 0.360. The van der Waals surface area contributed by atoms with Gasteiger partial charge in [0.25, 0.3) is 0 Å². The minimum absolute atomic E-state index is 0.217. The molecule has 94 valence electrons. The highest BCUT2D eigenvalue weighted by Crippen LogP contribution is 2.31. The number of aromatic nitrogens is 2. The second-order valence-corrected chi connectivity index (χ2v) is 4.78. The summed E-state index contributed by atoms with van der Waals surface area (Å²) < 4.78 is 5.49. The van der Waals surface area contributed by atoms with Crippen LogP contribution in [0.1, 0.15) is 18.7 Å². The predicted molar refractivity (Wildman–Crippen MR) is 75.3 cm³/mol. The molecular weight excluding hydrogens is 246 g/mol. The molecule has 0 unspecified atom stereocenters. The fourth-order valence-electron chi connectivity index (χ4n) is 1.58. The standard InChI is InChI=1S/C13H15N3OS/c1-4-7-17-11-10-8-9(5-2)18-12(10)16-13(15-11)14-6-3/h1,8H,5-7H2,2-3H3,(H,14,15,16). The van der Waals surface area contributed by atoms with Crippen LogP contribution in [0.4, 0.5) is 5.95 Å². The number of hydrogen-bond acceptors (Lipinski definition) is 5. The summed E-state index contributed by atoms with van der Waals surface area (Å²) in [7, 11) is 0. The largest absolute Gasteiger partial charge is 0.464 e. The molecule has 0 saturated carbocycles. The van der Waals surface area contributed by atoms with Crippen LogP contribution in [0, 0.1) is 12.3 Å². The van der Waals surface area contributed by atoms with E-state index in [2.05, 4.69) is 34.2 Å². The third-order valence-electron chi connectivity index (χ3n) is 2.38. The molecule has 18 heavy (non-hydrogen) atoms. The van der Waals surface area contributed by atoms with Gasteiger partial charge in [0.15, 0.2) is 6.61 Å². The highest BCUT2D eigenvalue weighted by atomic mass is 32.1. The Morgan fingerprint density at radius 1 is 1.44 bits per heavy atom. The van der Waals surface area contributed by atoms with Gasteiger partial charge in [-0.25, -0.2) is 4.98 Å². The minimum Gasteiger partial charge on any atom is -0.464 e. The molecule has 0 aliphatic carbocycles. The van der Waals surface area contributed by atoms with E-state index in [1.165, 1.54) is 4.88 Å². The van der Waals surface area contributed by atoms with Crippen molar-refractivity contribution in [1.29, 1.82) is 0 Å². The molecule has 0 amide bonds. The molecular formula is C13H15N3OS. The van der Waals surface area contributed by atoms with Crippen LogP contribution < -0.4 is 10.1 Å². The van der Waals surface area contributed by atoms with Gasteiger partial charge in [0, 0.05) is 11.4 Å². The van der Waals surface area contributed by atoms with E-state index in [1.807, 2.05) is 6.92 Å². The average Bonchev–Trinajstić information content (AvgIpc) is 2.79. The Balaban J connectivity index is 2.48. The second kappa shape index (κ2) is 5.69. The summed E-state index contributed by atoms with van der Waals surface area (Å²) in [6, 6.07) is 2.07. The van der Waals surface area contributed by atoms with Gasteiger partial charge in [0.1, 0.15) is 4.83 Å². The summed E-state index contributed by atoms with van der Waals surface area (Å²) in [5, 5.41) is 4.04. The first kappa shape index (κ1) is 12.7. The molecule has 0 fully saturated rings. The maximum atomic E-state index is 5.49. The Labute approximate surface area is 110 Å². The summed E-state index contributed by atoms with van der Waals surface area (Å²) in [5.41, 5.74) is 0. The molecule has 0 aliphatic heterocycles. The number of ether oxygens (including phenoxy) is 1. The van der Waals surface area contributed by atoms with Crippen molar-refractivity contribution in [3.8, 4) is 18.2 Å². The quantitative estimate of drug-likeness (QED) is 0.841. The predicted octanol–water partition coefficient (Wildman–Crippen LogP) is 2.70. The molecule has 0 saturated heterocycles. The van der Waals surface area contributed by atoms with Crippen LogP contribution in [-0.4, -0.2) is 23.1 Å². The third kappa shape index (κ3) is 2.54. The second-order valence-electron chi connectivity index (χ2n) is 3.66. The summed E-state index contributed by atoms with van der Waals surface area (Å²) >= 11 is 1.66. The first-order valence-corrected chi connectivity index (χ1v) is 6.70. The Morgan fingerprint density at radius 2 is 2.28 bits per heavy atom. The van der Waals surface area contributed by atoms with E-state index in [4.69, 9.17) is 11.2 Å². The molecule has 2 heterocycles. The first-order valence-electron chi connectivity index (χ1n) is 5.89. The Kier molecular flexibility index (Phi) is 4.00. The van der Waals surface area contributed by atoms with Crippen LogP contribution in [-0.2, 0) is 6.42 Å². The SMILES string of the molecule is C#CCOc1nc(NCC)nc2sc(CC)cc12. The van der Waals surface area contributed by atoms with Crippen molar-refractivity contribution in [3.63, 3.8) is 0 Å². The molecule has 0 bridgehead atoms. The van der Waals surface area contributed by atoms with Gasteiger partial charge in [-0.3, -0.25) is 0 Å². The molecule has 0 aliphatic rings. The van der Waals surface area contributed by atoms with Gasteiger partial charge in [-0.05, 0) is 19.4 Å². The lowest BCUT2D eigenvalue weighted by Gasteiger charge is -2.06. The van der Waals surface area contributed by atoms with Crippen molar-refractivity contribution in [1.82, 2.24) is 9.97 Å². The molecule has 0 atom stereocenters. The monoisotopic (exact) mass is 261 g/mol. The average molecular weight is 261 g/mol. The molecule has 1 N–H and O–H groups in total. The summed E-state index contributed by atoms with van der Waals surface area (Å²) in [6.45, 7) is 5.10. The molecule has 0 radical (unpaired) electrons. The van der Waals surface area contributed by atoms with Gasteiger partial charge < -0.3 is 10.1 Å². The molecule has 2 rings (SSSR count). The summed E-state index contributed by atoms with van der Waals surface area (Å²) in [6.07, 6.45) is 6.20. The molecule has 0 aromatic carbocycles. The van der Waals surface area contributed by atoms with E-state index in [0.29, 0.717) is 11.8 Å². The van der Waals surface area contributed by atoms with E-state index in [1.54, 1.807) is 11.3 Å². The topological polar surface area (TPSA) is 47.0 Å². The van der Waals surface area contributed by atoms with E-state index < -0.39 is 0 Å². The van der Waals surface area contributed by atoms with Crippen molar-refractivity contribution in [3.05, 3.63) is 10.9 Å². The Hall–Kier alpha value is -1.80. The van der Waals surface area contributed by atoms with E-state index >= 15 is 0 Å². The summed E-state index contributed by atoms with van der Waals surface area (Å²) in [4.78, 5) is 11.0. The normalized spacial score (nSPS) is 10.3. The van der Waals surface area contributed by atoms with Crippen molar-refractivity contribution < 1.29 is 4.74 Å². The van der Waals surface area contributed by atoms with E-state index in [9.17, 15) is 0 Å². The molecule has 0 spiro atoms. The molecule has 2 aromatic heterocycles. The van der Waals surface area contributed by atoms with Crippen molar-refractivity contribution in [2.45, 2.75) is 20.3 Å². The van der Waals surface area contributed by atoms with Gasteiger partial charge in [0.2, 0.25) is 11.8 Å². The highest BCUT2D eigenvalue weighted by Gasteiger charge is 2.11. The van der Waals surface area contributed by atoms with Gasteiger partial charge in [-0.1, -0.05) is 12.8 Å². The zero-order chi connectivity index (χ0) is 13.0. The van der Waals surface area contributed by atoms with Crippen LogP contribution in [0.15, 0.2) is 6.07 Å². The lowest BCUT2D eigenvalue weighted by atomic mass is 10.3. The number of nitrogens with zero attached hydrogens (tertiary/aromatic N) is 2. The number of hydrogen-bond donors (Lipinski definition) is 1. The number of nitrogens with one attached hydrogen (secondary N) is 1. The van der Waals surface area contributed by atoms with Crippen LogP contribution in [0.3, 0.4) is 0 Å². The number of aryl methyl sites for hydroxylation is 1. The maximum Gasteiger partial charge on any atom is 0.228 e. The molecule has 4 nitrogen and oxygen atoms in total. The number of thiophene rings is 1. The Bertz CT molecular complexity index is 586. The van der Waals surface area contributed by atoms with Crippen LogP contribution in [0.25, 0.3) is 10.2 Å². The van der Waals surface area contributed by atoms with Crippen molar-refractivity contribution in [2.24, 2.45) is 0 Å². The van der Waals surface area contributed by atoms with Gasteiger partial charge >= 0.3 is 0 Å². The highest BCUT2D eigenvalue weighted by molar-refractivity contribution is 7.18. The number of rotatable bonds is 5. The zero-order valence-corrected chi connectivity index (χ0v) is 11.3. The van der Waals surface area contributed by atoms with Crippen molar-refractivity contribution >= 4 is 27.5 Å². The smallest absolute Gasteiger partial charge is 0.228 e.